The molecule has 0 aliphatic carbocycles. The lowest BCUT2D eigenvalue weighted by molar-refractivity contribution is 0.107. The van der Waals surface area contributed by atoms with Gasteiger partial charge in [-0.3, -0.25) is 9.88 Å². The number of nitrogens with zero attached hydrogens (tertiary/aromatic N) is 2. The highest BCUT2D eigenvalue weighted by Gasteiger charge is 2.25. The molecule has 0 radical (unpaired) electrons. The Morgan fingerprint density at radius 3 is 3.00 bits per heavy atom. The molecule has 3 heteroatoms. The second kappa shape index (κ2) is 4.41. The zero-order chi connectivity index (χ0) is 9.97. The van der Waals surface area contributed by atoms with Crippen LogP contribution in [0.25, 0.3) is 0 Å². The number of pyridine rings is 1. The van der Waals surface area contributed by atoms with Gasteiger partial charge in [-0.25, -0.2) is 0 Å². The maximum Gasteiger partial charge on any atom is 0.0573 e. The molecule has 0 bridgehead atoms. The van der Waals surface area contributed by atoms with Crippen LogP contribution in [-0.2, 0) is 6.54 Å². The number of hydrogen-bond acceptors (Lipinski definition) is 2. The fourth-order valence-corrected chi connectivity index (χ4v) is 2.21. The van der Waals surface area contributed by atoms with Gasteiger partial charge < -0.3 is 0 Å². The van der Waals surface area contributed by atoms with Gasteiger partial charge >= 0.3 is 0 Å². The molecule has 0 atom stereocenters. The van der Waals surface area contributed by atoms with Crippen molar-refractivity contribution in [3.63, 3.8) is 0 Å². The number of hydrogen-bond donors (Lipinski definition) is 0. The number of alkyl halides is 1. The van der Waals surface area contributed by atoms with E-state index in [-0.39, 0.29) is 0 Å². The average molecular weight is 255 g/mol. The van der Waals surface area contributed by atoms with Gasteiger partial charge in [0.05, 0.1) is 5.69 Å². The van der Waals surface area contributed by atoms with Crippen LogP contribution in [0.2, 0.25) is 0 Å². The third-order valence-electron chi connectivity index (χ3n) is 2.74. The van der Waals surface area contributed by atoms with Crippen LogP contribution >= 0.6 is 15.9 Å². The summed E-state index contributed by atoms with van der Waals surface area (Å²) < 4.78 is 0. The monoisotopic (exact) mass is 254 g/mol. The summed E-state index contributed by atoms with van der Waals surface area (Å²) >= 11 is 3.51. The standard InChI is InChI=1S/C11H15BrN2/c1-9-3-2-4-13-11(9)8-14-6-10(5-12)7-14/h2-4,10H,5-8H2,1H3. The van der Waals surface area contributed by atoms with Crippen LogP contribution < -0.4 is 0 Å². The van der Waals surface area contributed by atoms with Crippen LogP contribution in [0.5, 0.6) is 0 Å². The third kappa shape index (κ3) is 2.15. The van der Waals surface area contributed by atoms with E-state index in [9.17, 15) is 0 Å². The Kier molecular flexibility index (Phi) is 3.19. The number of likely N-dealkylation sites (tertiary alicyclic amines) is 1. The Balaban J connectivity index is 1.90. The fourth-order valence-electron chi connectivity index (χ4n) is 1.80. The Labute approximate surface area is 93.5 Å². The second-order valence-corrected chi connectivity index (χ2v) is 4.63. The zero-order valence-electron chi connectivity index (χ0n) is 8.41. The van der Waals surface area contributed by atoms with Crippen LogP contribution in [0.4, 0.5) is 0 Å². The Bertz CT molecular complexity index is 308. The first-order valence-corrected chi connectivity index (χ1v) is 6.10. The van der Waals surface area contributed by atoms with Crippen LogP contribution in [0.15, 0.2) is 18.3 Å². The summed E-state index contributed by atoms with van der Waals surface area (Å²) in [4.78, 5) is 6.84. The van der Waals surface area contributed by atoms with Crippen LogP contribution in [0.1, 0.15) is 11.3 Å². The van der Waals surface area contributed by atoms with Crippen LogP contribution in [-0.4, -0.2) is 28.3 Å². The minimum absolute atomic E-state index is 0.846. The molecule has 2 nitrogen and oxygen atoms in total. The topological polar surface area (TPSA) is 16.1 Å². The van der Waals surface area contributed by atoms with E-state index < -0.39 is 0 Å². The molecule has 1 saturated heterocycles. The molecule has 0 saturated carbocycles. The molecule has 2 rings (SSSR count). The summed E-state index contributed by atoms with van der Waals surface area (Å²) in [5.41, 5.74) is 2.52. The van der Waals surface area contributed by atoms with Crippen molar-refractivity contribution in [1.82, 2.24) is 9.88 Å². The van der Waals surface area contributed by atoms with Gasteiger partial charge in [-0.1, -0.05) is 22.0 Å². The largest absolute Gasteiger partial charge is 0.297 e. The summed E-state index contributed by atoms with van der Waals surface area (Å²) in [6.07, 6.45) is 1.88. The van der Waals surface area contributed by atoms with Gasteiger partial charge in [0.25, 0.3) is 0 Å². The number of aromatic nitrogens is 1. The van der Waals surface area contributed by atoms with Crippen LogP contribution in [0, 0.1) is 12.8 Å². The van der Waals surface area contributed by atoms with Crippen LogP contribution in [0.3, 0.4) is 0 Å². The van der Waals surface area contributed by atoms with Gasteiger partial charge in [0, 0.05) is 31.2 Å². The molecule has 1 fully saturated rings. The quantitative estimate of drug-likeness (QED) is 0.770. The second-order valence-electron chi connectivity index (χ2n) is 3.98. The third-order valence-corrected chi connectivity index (χ3v) is 3.66. The van der Waals surface area contributed by atoms with E-state index in [2.05, 4.69) is 38.8 Å². The van der Waals surface area contributed by atoms with Crippen molar-refractivity contribution in [3.8, 4) is 0 Å². The summed E-state index contributed by atoms with van der Waals surface area (Å²) in [7, 11) is 0. The van der Waals surface area contributed by atoms with Gasteiger partial charge in [0.2, 0.25) is 0 Å². The Morgan fingerprint density at radius 2 is 2.36 bits per heavy atom. The van der Waals surface area contributed by atoms with Crippen molar-refractivity contribution >= 4 is 15.9 Å². The molecule has 0 N–H and O–H groups in total. The molecule has 0 unspecified atom stereocenters. The van der Waals surface area contributed by atoms with E-state index in [1.165, 1.54) is 24.3 Å². The molecule has 1 aromatic rings. The normalized spacial score (nSPS) is 18.1. The SMILES string of the molecule is Cc1cccnc1CN1CC(CBr)C1. The first-order valence-electron chi connectivity index (χ1n) is 4.98. The zero-order valence-corrected chi connectivity index (χ0v) is 10.00. The van der Waals surface area contributed by atoms with E-state index in [1.807, 2.05) is 12.3 Å². The molecule has 2 heterocycles. The van der Waals surface area contributed by atoms with Crippen molar-refractivity contribution in [2.45, 2.75) is 13.5 Å². The van der Waals surface area contributed by atoms with Gasteiger partial charge in [-0.2, -0.15) is 0 Å². The molecule has 0 spiro atoms. The van der Waals surface area contributed by atoms with E-state index in [1.54, 1.807) is 0 Å². The maximum absolute atomic E-state index is 4.40. The molecular formula is C11H15BrN2. The number of rotatable bonds is 3. The predicted molar refractivity (Wildman–Crippen MR) is 61.5 cm³/mol. The molecule has 0 amide bonds. The summed E-state index contributed by atoms with van der Waals surface area (Å²) in [6, 6.07) is 4.13. The first kappa shape index (κ1) is 10.1. The fraction of sp³-hybridized carbons (Fsp3) is 0.545. The van der Waals surface area contributed by atoms with Crippen molar-refractivity contribution in [2.75, 3.05) is 18.4 Å². The summed E-state index contributed by atoms with van der Waals surface area (Å²) in [6.45, 7) is 5.56. The predicted octanol–water partition coefficient (Wildman–Crippen LogP) is 2.22. The van der Waals surface area contributed by atoms with Crippen molar-refractivity contribution in [1.29, 1.82) is 0 Å². The van der Waals surface area contributed by atoms with E-state index in [4.69, 9.17) is 0 Å². The van der Waals surface area contributed by atoms with E-state index in [0.29, 0.717) is 0 Å². The molecular weight excluding hydrogens is 240 g/mol. The smallest absolute Gasteiger partial charge is 0.0573 e. The molecule has 0 aromatic carbocycles. The lowest BCUT2D eigenvalue weighted by atomic mass is 10.0. The Morgan fingerprint density at radius 1 is 1.57 bits per heavy atom. The molecule has 1 aromatic heterocycles. The lowest BCUT2D eigenvalue weighted by Gasteiger charge is -2.38. The van der Waals surface area contributed by atoms with E-state index in [0.717, 1.165) is 17.8 Å². The van der Waals surface area contributed by atoms with Gasteiger partial charge in [-0.05, 0) is 24.5 Å². The number of aryl methyl sites for hydroxylation is 1. The summed E-state index contributed by atoms with van der Waals surface area (Å²) in [5.74, 6) is 0.846. The molecule has 14 heavy (non-hydrogen) atoms. The van der Waals surface area contributed by atoms with Gasteiger partial charge in [0.1, 0.15) is 0 Å². The van der Waals surface area contributed by atoms with Crippen molar-refractivity contribution in [2.24, 2.45) is 5.92 Å². The highest BCUT2D eigenvalue weighted by Crippen LogP contribution is 2.20. The Hall–Kier alpha value is -0.410. The molecule has 76 valence electrons. The lowest BCUT2D eigenvalue weighted by Crippen LogP contribution is -2.46. The minimum Gasteiger partial charge on any atom is -0.297 e. The highest BCUT2D eigenvalue weighted by atomic mass is 79.9. The molecule has 1 aliphatic rings. The average Bonchev–Trinajstić information content (AvgIpc) is 2.13. The van der Waals surface area contributed by atoms with Crippen molar-refractivity contribution < 1.29 is 0 Å². The van der Waals surface area contributed by atoms with Gasteiger partial charge in [-0.15, -0.1) is 0 Å². The van der Waals surface area contributed by atoms with Crippen molar-refractivity contribution in [3.05, 3.63) is 29.6 Å². The number of halogens is 1. The molecule has 1 aliphatic heterocycles. The summed E-state index contributed by atoms with van der Waals surface area (Å²) in [5, 5.41) is 1.13. The maximum atomic E-state index is 4.40. The first-order chi connectivity index (χ1) is 6.79. The minimum atomic E-state index is 0.846. The van der Waals surface area contributed by atoms with E-state index >= 15 is 0 Å². The van der Waals surface area contributed by atoms with Gasteiger partial charge in [0.15, 0.2) is 0 Å². The highest BCUT2D eigenvalue weighted by molar-refractivity contribution is 9.09.